The highest BCUT2D eigenvalue weighted by molar-refractivity contribution is 5.77. The molecule has 0 heterocycles. The second-order valence-electron chi connectivity index (χ2n) is 2.36. The molecule has 0 aromatic heterocycles. The number of rotatable bonds is 2. The molecule has 0 aromatic rings. The van der Waals surface area contributed by atoms with Gasteiger partial charge in [-0.05, 0) is 12.8 Å². The molecule has 0 aliphatic carbocycles. The van der Waals surface area contributed by atoms with Crippen LogP contribution in [0, 0.1) is 5.92 Å². The molecule has 52 valence electrons. The molecule has 2 nitrogen and oxygen atoms in total. The molecule has 0 aliphatic heterocycles. The lowest BCUT2D eigenvalue weighted by molar-refractivity contribution is 0.829. The highest BCUT2D eigenvalue weighted by Crippen LogP contribution is 1.92. The molecule has 0 radical (unpaired) electrons. The number of allylic oxidation sites excluding steroid dienone is 1. The first kappa shape index (κ1) is 8.21. The fourth-order valence-electron chi connectivity index (χ4n) is 0.333. The number of nitrogens with zero attached hydrogens (tertiary/aromatic N) is 1. The van der Waals surface area contributed by atoms with Crippen LogP contribution in [-0.2, 0) is 0 Å². The Labute approximate surface area is 56.5 Å². The molecular weight excluding hydrogens is 112 g/mol. The average Bonchev–Trinajstić information content (AvgIpc) is 1.63. The molecule has 0 aromatic carbocycles. The lowest BCUT2D eigenvalue weighted by Crippen LogP contribution is -2.03. The third-order valence-electron chi connectivity index (χ3n) is 0.749. The van der Waals surface area contributed by atoms with E-state index in [2.05, 4.69) is 18.8 Å². The smallest absolute Gasteiger partial charge is 0.0957 e. The van der Waals surface area contributed by atoms with E-state index in [1.807, 2.05) is 6.08 Å². The van der Waals surface area contributed by atoms with E-state index < -0.39 is 0 Å². The van der Waals surface area contributed by atoms with Crippen LogP contribution in [0.4, 0.5) is 0 Å². The minimum atomic E-state index is 0.549. The van der Waals surface area contributed by atoms with E-state index in [-0.39, 0.29) is 0 Å². The fourth-order valence-corrected chi connectivity index (χ4v) is 0.333. The number of hydrogen-bond acceptors (Lipinski definition) is 1. The molecule has 0 amide bonds. The van der Waals surface area contributed by atoms with Gasteiger partial charge in [-0.15, -0.1) is 0 Å². The Morgan fingerprint density at radius 1 is 1.56 bits per heavy atom. The van der Waals surface area contributed by atoms with Gasteiger partial charge >= 0.3 is 0 Å². The van der Waals surface area contributed by atoms with Crippen LogP contribution < -0.4 is 5.73 Å². The van der Waals surface area contributed by atoms with E-state index in [1.54, 1.807) is 13.1 Å². The molecule has 0 fully saturated rings. The van der Waals surface area contributed by atoms with Crippen LogP contribution in [0.2, 0.25) is 0 Å². The normalized spacial score (nSPS) is 13.6. The second-order valence-corrected chi connectivity index (χ2v) is 2.36. The Bertz CT molecular complexity index is 119. The number of amidine groups is 1. The minimum absolute atomic E-state index is 0.549. The fraction of sp³-hybridized carbons (Fsp3) is 0.571. The summed E-state index contributed by atoms with van der Waals surface area (Å²) < 4.78 is 0. The van der Waals surface area contributed by atoms with Crippen LogP contribution >= 0.6 is 0 Å². The van der Waals surface area contributed by atoms with Crippen molar-refractivity contribution < 1.29 is 0 Å². The Balaban J connectivity index is 3.60. The van der Waals surface area contributed by atoms with Crippen molar-refractivity contribution in [2.24, 2.45) is 16.6 Å². The van der Waals surface area contributed by atoms with Crippen molar-refractivity contribution in [3.63, 3.8) is 0 Å². The maximum Gasteiger partial charge on any atom is 0.0957 e. The van der Waals surface area contributed by atoms with Crippen LogP contribution in [0.5, 0.6) is 0 Å². The minimum Gasteiger partial charge on any atom is -0.387 e. The van der Waals surface area contributed by atoms with E-state index in [0.29, 0.717) is 11.8 Å². The van der Waals surface area contributed by atoms with Gasteiger partial charge in [0.25, 0.3) is 0 Å². The topological polar surface area (TPSA) is 38.4 Å². The van der Waals surface area contributed by atoms with Gasteiger partial charge in [0.05, 0.1) is 5.84 Å². The summed E-state index contributed by atoms with van der Waals surface area (Å²) in [4.78, 5) is 3.88. The summed E-state index contributed by atoms with van der Waals surface area (Å²) in [6, 6.07) is 0. The van der Waals surface area contributed by atoms with Crippen molar-refractivity contribution in [2.45, 2.75) is 20.8 Å². The molecule has 0 atom stereocenters. The molecule has 0 rings (SSSR count). The number of hydrogen-bond donors (Lipinski definition) is 1. The zero-order chi connectivity index (χ0) is 7.28. The Hall–Kier alpha value is -0.790. The summed E-state index contributed by atoms with van der Waals surface area (Å²) in [7, 11) is 0. The molecule has 0 spiro atoms. The third-order valence-corrected chi connectivity index (χ3v) is 0.749. The van der Waals surface area contributed by atoms with Gasteiger partial charge in [0.1, 0.15) is 0 Å². The molecule has 0 saturated heterocycles. The third kappa shape index (κ3) is 7.21. The molecule has 0 bridgehead atoms. The Morgan fingerprint density at radius 2 is 2.11 bits per heavy atom. The molecule has 9 heavy (non-hydrogen) atoms. The maximum absolute atomic E-state index is 5.28. The van der Waals surface area contributed by atoms with Gasteiger partial charge in [-0.1, -0.05) is 19.9 Å². The van der Waals surface area contributed by atoms with Crippen molar-refractivity contribution in [2.75, 3.05) is 0 Å². The summed E-state index contributed by atoms with van der Waals surface area (Å²) in [5, 5.41) is 0. The summed E-state index contributed by atoms with van der Waals surface area (Å²) in [5.74, 6) is 1.15. The molecule has 0 unspecified atom stereocenters. The Kier molecular flexibility index (Phi) is 3.76. The standard InChI is InChI=1S/C7H14N2/c1-6(2)4-5-9-7(3)8/h4-6H,1-3H3,(H2,8,9). The Morgan fingerprint density at radius 3 is 2.44 bits per heavy atom. The van der Waals surface area contributed by atoms with Crippen LogP contribution in [0.25, 0.3) is 0 Å². The van der Waals surface area contributed by atoms with Gasteiger partial charge < -0.3 is 5.73 Å². The monoisotopic (exact) mass is 126 g/mol. The highest BCUT2D eigenvalue weighted by atomic mass is 14.8. The van der Waals surface area contributed by atoms with Gasteiger partial charge in [-0.2, -0.15) is 0 Å². The molecule has 0 aliphatic rings. The molecule has 2 heteroatoms. The SMILES string of the molecule is CC(N)=NC=CC(C)C. The largest absolute Gasteiger partial charge is 0.387 e. The molecular formula is C7H14N2. The van der Waals surface area contributed by atoms with E-state index in [4.69, 9.17) is 5.73 Å². The van der Waals surface area contributed by atoms with E-state index in [0.717, 1.165) is 0 Å². The number of nitrogens with two attached hydrogens (primary N) is 1. The van der Waals surface area contributed by atoms with Crippen molar-refractivity contribution in [3.05, 3.63) is 12.3 Å². The quantitative estimate of drug-likeness (QED) is 0.442. The van der Waals surface area contributed by atoms with Gasteiger partial charge in [0.15, 0.2) is 0 Å². The van der Waals surface area contributed by atoms with Crippen molar-refractivity contribution in [3.8, 4) is 0 Å². The predicted molar refractivity (Wildman–Crippen MR) is 41.3 cm³/mol. The summed E-state index contributed by atoms with van der Waals surface area (Å²) in [6.07, 6.45) is 3.73. The second kappa shape index (κ2) is 4.13. The van der Waals surface area contributed by atoms with Crippen molar-refractivity contribution in [1.82, 2.24) is 0 Å². The summed E-state index contributed by atoms with van der Waals surface area (Å²) >= 11 is 0. The van der Waals surface area contributed by atoms with Gasteiger partial charge in [0, 0.05) is 6.20 Å². The predicted octanol–water partition coefficient (Wildman–Crippen LogP) is 1.53. The number of aliphatic imine (C=N–C) groups is 1. The summed E-state index contributed by atoms with van der Waals surface area (Å²) in [5.41, 5.74) is 5.28. The molecule has 0 saturated carbocycles. The van der Waals surface area contributed by atoms with Gasteiger partial charge in [0.2, 0.25) is 0 Å². The lowest BCUT2D eigenvalue weighted by atomic mass is 10.2. The van der Waals surface area contributed by atoms with Crippen LogP contribution in [0.1, 0.15) is 20.8 Å². The van der Waals surface area contributed by atoms with E-state index in [1.165, 1.54) is 0 Å². The van der Waals surface area contributed by atoms with Crippen molar-refractivity contribution in [1.29, 1.82) is 0 Å². The maximum atomic E-state index is 5.28. The summed E-state index contributed by atoms with van der Waals surface area (Å²) in [6.45, 7) is 5.96. The van der Waals surface area contributed by atoms with Gasteiger partial charge in [-0.25, -0.2) is 4.99 Å². The van der Waals surface area contributed by atoms with Crippen LogP contribution in [0.3, 0.4) is 0 Å². The van der Waals surface area contributed by atoms with Crippen LogP contribution in [-0.4, -0.2) is 5.84 Å². The highest BCUT2D eigenvalue weighted by Gasteiger charge is 1.80. The average molecular weight is 126 g/mol. The lowest BCUT2D eigenvalue weighted by Gasteiger charge is -1.89. The first-order chi connectivity index (χ1) is 4.13. The first-order valence-corrected chi connectivity index (χ1v) is 3.09. The van der Waals surface area contributed by atoms with E-state index in [9.17, 15) is 0 Å². The van der Waals surface area contributed by atoms with Gasteiger partial charge in [-0.3, -0.25) is 0 Å². The van der Waals surface area contributed by atoms with Crippen LogP contribution in [0.15, 0.2) is 17.3 Å². The van der Waals surface area contributed by atoms with Crippen molar-refractivity contribution >= 4 is 5.84 Å². The first-order valence-electron chi connectivity index (χ1n) is 3.09. The molecule has 2 N–H and O–H groups in total. The zero-order valence-corrected chi connectivity index (χ0v) is 6.26. The zero-order valence-electron chi connectivity index (χ0n) is 6.26. The van der Waals surface area contributed by atoms with E-state index >= 15 is 0 Å².